The maximum atomic E-state index is 6.02. The summed E-state index contributed by atoms with van der Waals surface area (Å²) in [6.07, 6.45) is 0. The van der Waals surface area contributed by atoms with E-state index in [1.54, 1.807) is 12.1 Å². The van der Waals surface area contributed by atoms with Crippen LogP contribution in [0.1, 0.15) is 29.8 Å². The SMILES string of the molecule is CCNC(=NCc1c(C)nn(C)c1C)NCc1nc(-c2cccc(Cl)c2)no1. The highest BCUT2D eigenvalue weighted by molar-refractivity contribution is 6.30. The van der Waals surface area contributed by atoms with Crippen molar-refractivity contribution in [2.45, 2.75) is 33.9 Å². The van der Waals surface area contributed by atoms with Crippen LogP contribution in [0.5, 0.6) is 0 Å². The number of rotatable bonds is 6. The monoisotopic (exact) mass is 401 g/mol. The van der Waals surface area contributed by atoms with E-state index < -0.39 is 0 Å². The summed E-state index contributed by atoms with van der Waals surface area (Å²) in [6.45, 7) is 7.70. The second-order valence-corrected chi connectivity index (χ2v) is 6.78. The van der Waals surface area contributed by atoms with Gasteiger partial charge in [-0.15, -0.1) is 0 Å². The molecule has 2 heterocycles. The Morgan fingerprint density at radius 1 is 1.29 bits per heavy atom. The molecule has 2 aromatic heterocycles. The Balaban J connectivity index is 1.66. The molecule has 2 N–H and O–H groups in total. The number of aliphatic imine (C=N–C) groups is 1. The van der Waals surface area contributed by atoms with Crippen LogP contribution in [0.25, 0.3) is 11.4 Å². The fourth-order valence-corrected chi connectivity index (χ4v) is 2.97. The van der Waals surface area contributed by atoms with Gasteiger partial charge in [-0.3, -0.25) is 4.68 Å². The molecule has 9 heteroatoms. The Morgan fingerprint density at radius 2 is 2.11 bits per heavy atom. The third-order valence-corrected chi connectivity index (χ3v) is 4.59. The summed E-state index contributed by atoms with van der Waals surface area (Å²) in [6, 6.07) is 7.34. The third kappa shape index (κ3) is 4.69. The van der Waals surface area contributed by atoms with E-state index in [0.717, 1.165) is 29.1 Å². The lowest BCUT2D eigenvalue weighted by molar-refractivity contribution is 0.375. The van der Waals surface area contributed by atoms with E-state index >= 15 is 0 Å². The largest absolute Gasteiger partial charge is 0.357 e. The third-order valence-electron chi connectivity index (χ3n) is 4.36. The van der Waals surface area contributed by atoms with Crippen LogP contribution in [-0.2, 0) is 20.1 Å². The number of halogens is 1. The topological polar surface area (TPSA) is 93.2 Å². The molecule has 8 nitrogen and oxygen atoms in total. The molecule has 0 fully saturated rings. The summed E-state index contributed by atoms with van der Waals surface area (Å²) < 4.78 is 7.20. The van der Waals surface area contributed by atoms with Gasteiger partial charge in [-0.1, -0.05) is 28.9 Å². The first-order valence-corrected chi connectivity index (χ1v) is 9.45. The summed E-state index contributed by atoms with van der Waals surface area (Å²) in [7, 11) is 1.94. The first-order chi connectivity index (χ1) is 13.5. The van der Waals surface area contributed by atoms with E-state index in [1.165, 1.54) is 0 Å². The predicted octanol–water partition coefficient (Wildman–Crippen LogP) is 3.00. The van der Waals surface area contributed by atoms with Crippen molar-refractivity contribution < 1.29 is 4.52 Å². The molecule has 0 spiro atoms. The van der Waals surface area contributed by atoms with Crippen molar-refractivity contribution in [1.29, 1.82) is 0 Å². The number of hydrogen-bond acceptors (Lipinski definition) is 5. The van der Waals surface area contributed by atoms with Crippen molar-refractivity contribution in [3.8, 4) is 11.4 Å². The molecule has 0 unspecified atom stereocenters. The lowest BCUT2D eigenvalue weighted by atomic mass is 10.2. The van der Waals surface area contributed by atoms with E-state index in [2.05, 4.69) is 30.9 Å². The molecule has 0 aliphatic rings. The van der Waals surface area contributed by atoms with Crippen LogP contribution < -0.4 is 10.6 Å². The number of nitrogens with one attached hydrogen (secondary N) is 2. The lowest BCUT2D eigenvalue weighted by Crippen LogP contribution is -2.36. The molecule has 0 aliphatic carbocycles. The zero-order chi connectivity index (χ0) is 20.1. The first-order valence-electron chi connectivity index (χ1n) is 9.07. The van der Waals surface area contributed by atoms with Gasteiger partial charge in [-0.05, 0) is 32.9 Å². The van der Waals surface area contributed by atoms with Crippen LogP contribution in [-0.4, -0.2) is 32.4 Å². The van der Waals surface area contributed by atoms with E-state index in [9.17, 15) is 0 Å². The van der Waals surface area contributed by atoms with Gasteiger partial charge in [0.2, 0.25) is 11.7 Å². The fourth-order valence-electron chi connectivity index (χ4n) is 2.78. The quantitative estimate of drug-likeness (QED) is 0.487. The van der Waals surface area contributed by atoms with Crippen LogP contribution in [0, 0.1) is 13.8 Å². The molecule has 0 radical (unpaired) electrons. The van der Waals surface area contributed by atoms with Crippen LogP contribution >= 0.6 is 11.6 Å². The van der Waals surface area contributed by atoms with E-state index in [-0.39, 0.29) is 0 Å². The van der Waals surface area contributed by atoms with E-state index in [1.807, 2.05) is 44.6 Å². The molecule has 3 rings (SSSR count). The molecular weight excluding hydrogens is 378 g/mol. The Labute approximate surface area is 169 Å². The van der Waals surface area contributed by atoms with Crippen molar-refractivity contribution in [2.75, 3.05) is 6.54 Å². The standard InChI is InChI=1S/C19H24ClN7O/c1-5-21-19(22-10-16-12(2)25-27(4)13(16)3)23-11-17-24-18(26-28-17)14-7-6-8-15(20)9-14/h6-9H,5,10-11H2,1-4H3,(H2,21,22,23). The highest BCUT2D eigenvalue weighted by Gasteiger charge is 2.11. The molecule has 28 heavy (non-hydrogen) atoms. The smallest absolute Gasteiger partial charge is 0.246 e. The second kappa shape index (κ2) is 8.88. The summed E-state index contributed by atoms with van der Waals surface area (Å²) in [5.41, 5.74) is 4.04. The number of guanidine groups is 1. The normalized spacial score (nSPS) is 11.7. The van der Waals surface area contributed by atoms with Gasteiger partial charge >= 0.3 is 0 Å². The summed E-state index contributed by atoms with van der Waals surface area (Å²) in [5.74, 6) is 1.64. The number of hydrogen-bond donors (Lipinski definition) is 2. The molecule has 3 aromatic rings. The van der Waals surface area contributed by atoms with Crippen molar-refractivity contribution >= 4 is 17.6 Å². The van der Waals surface area contributed by atoms with Crippen molar-refractivity contribution in [2.24, 2.45) is 12.0 Å². The predicted molar refractivity (Wildman–Crippen MR) is 109 cm³/mol. The Kier molecular flexibility index (Phi) is 6.30. The second-order valence-electron chi connectivity index (χ2n) is 6.34. The van der Waals surface area contributed by atoms with Crippen molar-refractivity contribution in [3.63, 3.8) is 0 Å². The van der Waals surface area contributed by atoms with Gasteiger partial charge in [0, 0.05) is 35.4 Å². The first kappa shape index (κ1) is 19.9. The lowest BCUT2D eigenvalue weighted by Gasteiger charge is -2.09. The van der Waals surface area contributed by atoms with Gasteiger partial charge in [-0.25, -0.2) is 4.99 Å². The fraction of sp³-hybridized carbons (Fsp3) is 0.368. The molecular formula is C19H24ClN7O. The molecule has 0 amide bonds. The van der Waals surface area contributed by atoms with Gasteiger partial charge < -0.3 is 15.2 Å². The average molecular weight is 402 g/mol. The molecule has 1 aromatic carbocycles. The number of nitrogens with zero attached hydrogens (tertiary/aromatic N) is 5. The van der Waals surface area contributed by atoms with Gasteiger partial charge in [0.1, 0.15) is 0 Å². The maximum absolute atomic E-state index is 6.02. The highest BCUT2D eigenvalue weighted by Crippen LogP contribution is 2.19. The van der Waals surface area contributed by atoms with Gasteiger partial charge in [-0.2, -0.15) is 10.1 Å². The Bertz CT molecular complexity index is 977. The molecule has 0 saturated carbocycles. The van der Waals surface area contributed by atoms with Crippen LogP contribution in [0.15, 0.2) is 33.8 Å². The number of aromatic nitrogens is 4. The minimum absolute atomic E-state index is 0.365. The zero-order valence-electron chi connectivity index (χ0n) is 16.5. The molecule has 0 bridgehead atoms. The van der Waals surface area contributed by atoms with Crippen molar-refractivity contribution in [1.82, 2.24) is 30.6 Å². The van der Waals surface area contributed by atoms with E-state index in [0.29, 0.717) is 35.8 Å². The Hall–Kier alpha value is -2.87. The maximum Gasteiger partial charge on any atom is 0.246 e. The number of benzene rings is 1. The van der Waals surface area contributed by atoms with Crippen LogP contribution in [0.2, 0.25) is 5.02 Å². The molecule has 0 aliphatic heterocycles. The van der Waals surface area contributed by atoms with Crippen LogP contribution in [0.4, 0.5) is 0 Å². The van der Waals surface area contributed by atoms with Crippen LogP contribution in [0.3, 0.4) is 0 Å². The summed E-state index contributed by atoms with van der Waals surface area (Å²) in [4.78, 5) is 9.05. The minimum Gasteiger partial charge on any atom is -0.357 e. The number of aryl methyl sites for hydroxylation is 2. The molecule has 0 atom stereocenters. The Morgan fingerprint density at radius 3 is 2.79 bits per heavy atom. The molecule has 0 saturated heterocycles. The zero-order valence-corrected chi connectivity index (χ0v) is 17.2. The average Bonchev–Trinajstić information content (AvgIpc) is 3.23. The molecule has 148 valence electrons. The van der Waals surface area contributed by atoms with Gasteiger partial charge in [0.15, 0.2) is 5.96 Å². The van der Waals surface area contributed by atoms with Gasteiger partial charge in [0.05, 0.1) is 18.8 Å². The van der Waals surface area contributed by atoms with Gasteiger partial charge in [0.25, 0.3) is 0 Å². The summed E-state index contributed by atoms with van der Waals surface area (Å²) in [5, 5.41) is 15.5. The highest BCUT2D eigenvalue weighted by atomic mass is 35.5. The summed E-state index contributed by atoms with van der Waals surface area (Å²) >= 11 is 6.02. The van der Waals surface area contributed by atoms with E-state index in [4.69, 9.17) is 16.1 Å². The minimum atomic E-state index is 0.365. The van der Waals surface area contributed by atoms with Crippen molar-refractivity contribution in [3.05, 3.63) is 52.1 Å².